The number of rotatable bonds is 6. The van der Waals surface area contributed by atoms with Gasteiger partial charge in [0, 0.05) is 44.4 Å². The van der Waals surface area contributed by atoms with Gasteiger partial charge in [-0.25, -0.2) is 9.78 Å². The van der Waals surface area contributed by atoms with E-state index in [1.807, 2.05) is 13.8 Å². The molecule has 2 bridgehead atoms. The van der Waals surface area contributed by atoms with E-state index in [1.165, 1.54) is 0 Å². The molecular weight excluding hydrogens is 442 g/mol. The summed E-state index contributed by atoms with van der Waals surface area (Å²) in [6, 6.07) is 0. The van der Waals surface area contributed by atoms with Crippen molar-refractivity contribution in [3.63, 3.8) is 0 Å². The molecule has 5 heterocycles. The summed E-state index contributed by atoms with van der Waals surface area (Å²) < 4.78 is 17.8. The maximum Gasteiger partial charge on any atom is 0.320 e. The van der Waals surface area contributed by atoms with Crippen molar-refractivity contribution in [2.75, 3.05) is 45.9 Å². The number of nitrogens with zero attached hydrogens (tertiary/aromatic N) is 2. The van der Waals surface area contributed by atoms with Crippen LogP contribution < -0.4 is 5.32 Å². The van der Waals surface area contributed by atoms with E-state index in [9.17, 15) is 9.59 Å². The van der Waals surface area contributed by atoms with Gasteiger partial charge < -0.3 is 19.5 Å². The Morgan fingerprint density at radius 2 is 1.79 bits per heavy atom. The first-order valence-corrected chi connectivity index (χ1v) is 12.9. The number of hydrogen-bond donors (Lipinski definition) is 1. The van der Waals surface area contributed by atoms with Crippen molar-refractivity contribution in [2.24, 2.45) is 17.8 Å². The zero-order valence-corrected chi connectivity index (χ0v) is 20.6. The quantitative estimate of drug-likeness (QED) is 0.444. The van der Waals surface area contributed by atoms with Crippen LogP contribution in [0.5, 0.6) is 0 Å². The Morgan fingerprint density at radius 1 is 1.06 bits per heavy atom. The predicted octanol–water partition coefficient (Wildman–Crippen LogP) is 1.25. The van der Waals surface area contributed by atoms with E-state index >= 15 is 0 Å². The molecule has 1 amide bonds. The van der Waals surface area contributed by atoms with Gasteiger partial charge in [0.2, 0.25) is 11.7 Å². The first-order valence-electron chi connectivity index (χ1n) is 12.9. The summed E-state index contributed by atoms with van der Waals surface area (Å²) in [6.45, 7) is 9.80. The van der Waals surface area contributed by atoms with Gasteiger partial charge in [-0.2, -0.15) is 0 Å². The van der Waals surface area contributed by atoms with Gasteiger partial charge in [-0.3, -0.25) is 19.4 Å². The Balaban J connectivity index is 1.17. The monoisotopic (exact) mass is 481 g/mol. The molecule has 10 nitrogen and oxygen atoms in total. The lowest BCUT2D eigenvalue weighted by atomic mass is 9.61. The van der Waals surface area contributed by atoms with Crippen LogP contribution in [0.3, 0.4) is 0 Å². The van der Waals surface area contributed by atoms with E-state index < -0.39 is 23.9 Å². The molecule has 5 aliphatic heterocycles. The normalized spacial score (nSPS) is 42.5. The van der Waals surface area contributed by atoms with Gasteiger partial charge in [0.25, 0.3) is 0 Å². The minimum atomic E-state index is -0.809. The molecule has 6 rings (SSSR count). The van der Waals surface area contributed by atoms with Crippen LogP contribution in [0.15, 0.2) is 0 Å². The van der Waals surface area contributed by atoms with Crippen molar-refractivity contribution in [3.8, 4) is 0 Å². The summed E-state index contributed by atoms with van der Waals surface area (Å²) in [7, 11) is 0. The molecule has 1 N–H and O–H groups in total. The molecular formula is C24H39N3O7. The number of hydrogen-bond acceptors (Lipinski definition) is 9. The summed E-state index contributed by atoms with van der Waals surface area (Å²) in [5, 5.41) is 3.13. The molecule has 192 valence electrons. The van der Waals surface area contributed by atoms with Crippen molar-refractivity contribution in [3.05, 3.63) is 0 Å². The van der Waals surface area contributed by atoms with Crippen LogP contribution in [-0.2, 0) is 33.6 Å². The smallest absolute Gasteiger partial charge is 0.320 e. The van der Waals surface area contributed by atoms with Crippen LogP contribution in [-0.4, -0.2) is 91.5 Å². The number of carbonyl (C=O) groups is 2. The highest BCUT2D eigenvalue weighted by atomic mass is 17.3. The molecule has 1 aliphatic carbocycles. The van der Waals surface area contributed by atoms with E-state index in [1.54, 1.807) is 0 Å². The molecule has 6 aliphatic rings. The van der Waals surface area contributed by atoms with Crippen molar-refractivity contribution < 1.29 is 33.6 Å². The number of amides is 1. The van der Waals surface area contributed by atoms with Gasteiger partial charge in [-0.05, 0) is 39.0 Å². The molecule has 0 aromatic rings. The maximum atomic E-state index is 13.0. The van der Waals surface area contributed by atoms with E-state index in [0.29, 0.717) is 25.6 Å². The lowest BCUT2D eigenvalue weighted by molar-refractivity contribution is -0.570. The largest absolute Gasteiger partial charge is 0.465 e. The molecule has 34 heavy (non-hydrogen) atoms. The van der Waals surface area contributed by atoms with Gasteiger partial charge in [0.1, 0.15) is 6.23 Å². The second-order valence-corrected chi connectivity index (χ2v) is 10.7. The topological polar surface area (TPSA) is 98.8 Å². The number of nitrogens with one attached hydrogen (secondary N) is 1. The van der Waals surface area contributed by atoms with Crippen LogP contribution >= 0.6 is 0 Å². The van der Waals surface area contributed by atoms with Crippen LogP contribution in [0.2, 0.25) is 0 Å². The van der Waals surface area contributed by atoms with Crippen LogP contribution in [0.4, 0.5) is 0 Å². The van der Waals surface area contributed by atoms with Crippen molar-refractivity contribution in [1.82, 2.24) is 15.1 Å². The fourth-order valence-corrected chi connectivity index (χ4v) is 6.62. The van der Waals surface area contributed by atoms with Crippen molar-refractivity contribution >= 4 is 11.9 Å². The van der Waals surface area contributed by atoms with E-state index in [0.717, 1.165) is 58.3 Å². The minimum absolute atomic E-state index is 0.0545. The Bertz CT molecular complexity index is 776. The first kappa shape index (κ1) is 24.4. The number of esters is 1. The van der Waals surface area contributed by atoms with Gasteiger partial charge in [0.05, 0.1) is 19.7 Å². The standard InChI is InChI=1S/C24H39N3O7/c1-4-30-20(29)15-27-12-10-26(11-13-27)14-19(28)25-21-16(2)18-7-5-6-17-8-9-23(3)32-22(31-21)24(17,18)34-33-23/h16-18,21-22H,4-15H2,1-3H3,(H,25,28). The lowest BCUT2D eigenvalue weighted by Crippen LogP contribution is -2.71. The number of piperazine rings is 1. The maximum absolute atomic E-state index is 13.0. The molecule has 5 saturated heterocycles. The molecule has 10 heteroatoms. The Morgan fingerprint density at radius 3 is 2.53 bits per heavy atom. The second kappa shape index (κ2) is 9.63. The van der Waals surface area contributed by atoms with E-state index in [4.69, 9.17) is 24.0 Å². The van der Waals surface area contributed by atoms with Crippen LogP contribution in [0.1, 0.15) is 52.9 Å². The van der Waals surface area contributed by atoms with Gasteiger partial charge in [-0.1, -0.05) is 13.3 Å². The molecule has 0 aromatic carbocycles. The predicted molar refractivity (Wildman–Crippen MR) is 120 cm³/mol. The van der Waals surface area contributed by atoms with E-state index in [-0.39, 0.29) is 23.7 Å². The third-order valence-corrected chi connectivity index (χ3v) is 8.50. The van der Waals surface area contributed by atoms with Crippen LogP contribution in [0.25, 0.3) is 0 Å². The molecule has 1 spiro atoms. The van der Waals surface area contributed by atoms with Gasteiger partial charge in [0.15, 0.2) is 11.9 Å². The lowest BCUT2D eigenvalue weighted by Gasteiger charge is -2.59. The highest BCUT2D eigenvalue weighted by Gasteiger charge is 2.68. The fourth-order valence-electron chi connectivity index (χ4n) is 6.62. The zero-order chi connectivity index (χ0) is 23.9. The fraction of sp³-hybridized carbons (Fsp3) is 0.917. The SMILES string of the molecule is CCOC(=O)CN1CCN(CC(=O)NC2OC3OC4(C)CCC5CCCC(C2C)C53OO4)CC1. The Labute approximate surface area is 201 Å². The van der Waals surface area contributed by atoms with Gasteiger partial charge in [-0.15, -0.1) is 0 Å². The average Bonchev–Trinajstić information content (AvgIpc) is 3.03. The summed E-state index contributed by atoms with van der Waals surface area (Å²) >= 11 is 0. The first-order chi connectivity index (χ1) is 16.3. The zero-order valence-electron chi connectivity index (χ0n) is 20.6. The summed E-state index contributed by atoms with van der Waals surface area (Å²) in [5.74, 6) is -0.441. The van der Waals surface area contributed by atoms with Crippen LogP contribution in [0, 0.1) is 17.8 Å². The average molecular weight is 482 g/mol. The van der Waals surface area contributed by atoms with E-state index in [2.05, 4.69) is 22.0 Å². The highest BCUT2D eigenvalue weighted by molar-refractivity contribution is 5.78. The second-order valence-electron chi connectivity index (χ2n) is 10.7. The molecule has 1 saturated carbocycles. The Kier molecular flexibility index (Phi) is 6.91. The highest BCUT2D eigenvalue weighted by Crippen LogP contribution is 2.58. The third-order valence-electron chi connectivity index (χ3n) is 8.50. The molecule has 0 aromatic heterocycles. The van der Waals surface area contributed by atoms with Crippen molar-refractivity contribution in [2.45, 2.75) is 76.8 Å². The third kappa shape index (κ3) is 4.49. The number of ether oxygens (including phenoxy) is 3. The summed E-state index contributed by atoms with van der Waals surface area (Å²) in [5.41, 5.74) is -0.593. The molecule has 0 radical (unpaired) electrons. The number of carbonyl (C=O) groups excluding carboxylic acids is 2. The number of fused-ring (bicyclic) bond motifs is 2. The minimum Gasteiger partial charge on any atom is -0.465 e. The van der Waals surface area contributed by atoms with Crippen molar-refractivity contribution in [1.29, 1.82) is 0 Å². The molecule has 6 fully saturated rings. The summed E-state index contributed by atoms with van der Waals surface area (Å²) in [6.07, 6.45) is 4.05. The van der Waals surface area contributed by atoms with Gasteiger partial charge >= 0.3 is 5.97 Å². The summed E-state index contributed by atoms with van der Waals surface area (Å²) in [4.78, 5) is 40.8. The Hall–Kier alpha value is -1.30. The molecule has 7 unspecified atom stereocenters. The molecule has 7 atom stereocenters.